The SMILES string of the molecule is CC(=O)N1CCC(C(=O)NC2(CO)CCOCC2)CC1. The van der Waals surface area contributed by atoms with Crippen LogP contribution in [0.15, 0.2) is 0 Å². The number of nitrogens with one attached hydrogen (secondary N) is 1. The van der Waals surface area contributed by atoms with Gasteiger partial charge in [-0.05, 0) is 25.7 Å². The quantitative estimate of drug-likeness (QED) is 0.759. The van der Waals surface area contributed by atoms with Crippen LogP contribution in [0.1, 0.15) is 32.6 Å². The number of rotatable bonds is 3. The molecule has 2 N–H and O–H groups in total. The van der Waals surface area contributed by atoms with Gasteiger partial charge in [0, 0.05) is 39.1 Å². The van der Waals surface area contributed by atoms with Crippen molar-refractivity contribution in [2.45, 2.75) is 38.1 Å². The first-order chi connectivity index (χ1) is 9.56. The van der Waals surface area contributed by atoms with Gasteiger partial charge in [0.2, 0.25) is 11.8 Å². The summed E-state index contributed by atoms with van der Waals surface area (Å²) in [6.07, 6.45) is 2.70. The highest BCUT2D eigenvalue weighted by atomic mass is 16.5. The lowest BCUT2D eigenvalue weighted by atomic mass is 9.88. The van der Waals surface area contributed by atoms with Gasteiger partial charge < -0.3 is 20.1 Å². The molecule has 0 aliphatic carbocycles. The van der Waals surface area contributed by atoms with E-state index in [9.17, 15) is 14.7 Å². The Hall–Kier alpha value is -1.14. The van der Waals surface area contributed by atoms with Crippen molar-refractivity contribution < 1.29 is 19.4 Å². The zero-order valence-electron chi connectivity index (χ0n) is 12.1. The van der Waals surface area contributed by atoms with Crippen LogP contribution in [0.4, 0.5) is 0 Å². The molecule has 6 nitrogen and oxygen atoms in total. The smallest absolute Gasteiger partial charge is 0.223 e. The van der Waals surface area contributed by atoms with E-state index >= 15 is 0 Å². The van der Waals surface area contributed by atoms with Crippen molar-refractivity contribution in [3.05, 3.63) is 0 Å². The molecule has 0 radical (unpaired) electrons. The van der Waals surface area contributed by atoms with Crippen LogP contribution in [0.2, 0.25) is 0 Å². The number of amides is 2. The Morgan fingerprint density at radius 3 is 2.40 bits per heavy atom. The van der Waals surface area contributed by atoms with E-state index < -0.39 is 5.54 Å². The number of aliphatic hydroxyl groups excluding tert-OH is 1. The molecule has 0 aromatic heterocycles. The molecule has 2 aliphatic rings. The number of ether oxygens (including phenoxy) is 1. The minimum absolute atomic E-state index is 0.00384. The number of hydrogen-bond donors (Lipinski definition) is 2. The Balaban J connectivity index is 1.87. The molecule has 0 bridgehead atoms. The zero-order valence-corrected chi connectivity index (χ0v) is 12.1. The van der Waals surface area contributed by atoms with Gasteiger partial charge in [0.25, 0.3) is 0 Å². The maximum Gasteiger partial charge on any atom is 0.223 e. The second-order valence-electron chi connectivity index (χ2n) is 5.82. The fourth-order valence-corrected chi connectivity index (χ4v) is 2.90. The monoisotopic (exact) mass is 284 g/mol. The predicted octanol–water partition coefficient (Wildman–Crippen LogP) is -0.0974. The standard InChI is InChI=1S/C14H24N2O4/c1-11(18)16-6-2-12(3-7-16)13(19)15-14(10-17)4-8-20-9-5-14/h12,17H,2-10H2,1H3,(H,15,19). The van der Waals surface area contributed by atoms with Crippen molar-refractivity contribution in [1.29, 1.82) is 0 Å². The molecule has 0 aromatic carbocycles. The lowest BCUT2D eigenvalue weighted by Gasteiger charge is -2.38. The first-order valence-corrected chi connectivity index (χ1v) is 7.32. The summed E-state index contributed by atoms with van der Waals surface area (Å²) < 4.78 is 5.29. The molecule has 0 atom stereocenters. The summed E-state index contributed by atoms with van der Waals surface area (Å²) in [5, 5.41) is 12.6. The van der Waals surface area contributed by atoms with Crippen molar-refractivity contribution in [2.24, 2.45) is 5.92 Å². The van der Waals surface area contributed by atoms with Crippen LogP contribution >= 0.6 is 0 Å². The third-order valence-electron chi connectivity index (χ3n) is 4.45. The fraction of sp³-hybridized carbons (Fsp3) is 0.857. The summed E-state index contributed by atoms with van der Waals surface area (Å²) in [5.41, 5.74) is -0.521. The summed E-state index contributed by atoms with van der Waals surface area (Å²) in [4.78, 5) is 25.4. The van der Waals surface area contributed by atoms with Gasteiger partial charge in [-0.25, -0.2) is 0 Å². The van der Waals surface area contributed by atoms with Crippen LogP contribution < -0.4 is 5.32 Å². The molecule has 0 saturated carbocycles. The molecule has 2 aliphatic heterocycles. The topological polar surface area (TPSA) is 78.9 Å². The van der Waals surface area contributed by atoms with Crippen LogP contribution in [0, 0.1) is 5.92 Å². The molecule has 114 valence electrons. The van der Waals surface area contributed by atoms with Crippen LogP contribution in [0.5, 0.6) is 0 Å². The van der Waals surface area contributed by atoms with E-state index in [1.807, 2.05) is 0 Å². The number of nitrogens with zero attached hydrogens (tertiary/aromatic N) is 1. The van der Waals surface area contributed by atoms with E-state index in [0.29, 0.717) is 52.0 Å². The van der Waals surface area contributed by atoms with E-state index in [0.717, 1.165) is 0 Å². The molecular formula is C14H24N2O4. The number of carbonyl (C=O) groups excluding carboxylic acids is 2. The highest BCUT2D eigenvalue weighted by molar-refractivity contribution is 5.80. The lowest BCUT2D eigenvalue weighted by Crippen LogP contribution is -2.56. The van der Waals surface area contributed by atoms with E-state index in [4.69, 9.17) is 4.74 Å². The van der Waals surface area contributed by atoms with Gasteiger partial charge in [-0.3, -0.25) is 9.59 Å². The van der Waals surface area contributed by atoms with Gasteiger partial charge in [0.1, 0.15) is 0 Å². The minimum atomic E-state index is -0.521. The maximum absolute atomic E-state index is 12.3. The van der Waals surface area contributed by atoms with Gasteiger partial charge in [-0.15, -0.1) is 0 Å². The van der Waals surface area contributed by atoms with Crippen molar-refractivity contribution in [3.8, 4) is 0 Å². The van der Waals surface area contributed by atoms with Crippen molar-refractivity contribution in [3.63, 3.8) is 0 Å². The number of likely N-dealkylation sites (tertiary alicyclic amines) is 1. The molecule has 0 aromatic rings. The number of hydrogen-bond acceptors (Lipinski definition) is 4. The first-order valence-electron chi connectivity index (χ1n) is 7.32. The molecule has 0 unspecified atom stereocenters. The normalized spacial score (nSPS) is 23.4. The maximum atomic E-state index is 12.3. The van der Waals surface area contributed by atoms with Gasteiger partial charge in [0.15, 0.2) is 0 Å². The first kappa shape index (κ1) is 15.3. The van der Waals surface area contributed by atoms with E-state index in [-0.39, 0.29) is 24.3 Å². The lowest BCUT2D eigenvalue weighted by molar-refractivity contribution is -0.135. The van der Waals surface area contributed by atoms with Crippen molar-refractivity contribution in [2.75, 3.05) is 32.9 Å². The van der Waals surface area contributed by atoms with Crippen LogP contribution in [-0.2, 0) is 14.3 Å². The Kier molecular flexibility index (Phi) is 4.99. The van der Waals surface area contributed by atoms with Gasteiger partial charge in [0.05, 0.1) is 12.1 Å². The molecule has 0 spiro atoms. The third kappa shape index (κ3) is 3.49. The summed E-state index contributed by atoms with van der Waals surface area (Å²) >= 11 is 0. The molecule has 2 amide bonds. The van der Waals surface area contributed by atoms with Crippen LogP contribution in [-0.4, -0.2) is 60.3 Å². The molecule has 2 heterocycles. The molecule has 6 heteroatoms. The molecule has 2 fully saturated rings. The minimum Gasteiger partial charge on any atom is -0.394 e. The van der Waals surface area contributed by atoms with Crippen LogP contribution in [0.3, 0.4) is 0 Å². The number of aliphatic hydroxyl groups is 1. The summed E-state index contributed by atoms with van der Waals surface area (Å²) in [6, 6.07) is 0. The summed E-state index contributed by atoms with van der Waals surface area (Å²) in [7, 11) is 0. The Bertz CT molecular complexity index is 358. The predicted molar refractivity (Wildman–Crippen MR) is 73.0 cm³/mol. The van der Waals surface area contributed by atoms with E-state index in [1.165, 1.54) is 0 Å². The molecule has 2 rings (SSSR count). The molecular weight excluding hydrogens is 260 g/mol. The Labute approximate surface area is 119 Å². The summed E-state index contributed by atoms with van der Waals surface area (Å²) in [5.74, 6) is 0.0149. The average Bonchev–Trinajstić information content (AvgIpc) is 2.48. The second kappa shape index (κ2) is 6.54. The van der Waals surface area contributed by atoms with Crippen molar-refractivity contribution >= 4 is 11.8 Å². The largest absolute Gasteiger partial charge is 0.394 e. The van der Waals surface area contributed by atoms with E-state index in [1.54, 1.807) is 11.8 Å². The average molecular weight is 284 g/mol. The number of piperidine rings is 1. The highest BCUT2D eigenvalue weighted by Gasteiger charge is 2.36. The zero-order chi connectivity index (χ0) is 14.6. The van der Waals surface area contributed by atoms with Gasteiger partial charge in [-0.2, -0.15) is 0 Å². The third-order valence-corrected chi connectivity index (χ3v) is 4.45. The number of carbonyl (C=O) groups is 2. The van der Waals surface area contributed by atoms with Gasteiger partial charge in [-0.1, -0.05) is 0 Å². The molecule has 20 heavy (non-hydrogen) atoms. The Morgan fingerprint density at radius 1 is 1.30 bits per heavy atom. The Morgan fingerprint density at radius 2 is 1.90 bits per heavy atom. The summed E-state index contributed by atoms with van der Waals surface area (Å²) in [6.45, 7) is 3.94. The fourth-order valence-electron chi connectivity index (χ4n) is 2.90. The second-order valence-corrected chi connectivity index (χ2v) is 5.82. The van der Waals surface area contributed by atoms with E-state index in [2.05, 4.69) is 5.32 Å². The molecule has 2 saturated heterocycles. The highest BCUT2D eigenvalue weighted by Crippen LogP contribution is 2.23. The van der Waals surface area contributed by atoms with Gasteiger partial charge >= 0.3 is 0 Å². The van der Waals surface area contributed by atoms with Crippen LogP contribution in [0.25, 0.3) is 0 Å². The van der Waals surface area contributed by atoms with Crippen molar-refractivity contribution in [1.82, 2.24) is 10.2 Å².